The molecule has 0 amide bonds. The molecule has 0 aliphatic rings. The molecule has 2 nitrogen and oxygen atoms in total. The summed E-state index contributed by atoms with van der Waals surface area (Å²) in [5.74, 6) is -0.249. The van der Waals surface area contributed by atoms with Crippen molar-refractivity contribution in [3.8, 4) is 0 Å². The van der Waals surface area contributed by atoms with Crippen LogP contribution in [0.2, 0.25) is 0 Å². The monoisotopic (exact) mass is 211 g/mol. The summed E-state index contributed by atoms with van der Waals surface area (Å²) >= 11 is 0. The van der Waals surface area contributed by atoms with Crippen LogP contribution in [0.5, 0.6) is 0 Å². The van der Waals surface area contributed by atoms with Gasteiger partial charge in [-0.2, -0.15) is 0 Å². The van der Waals surface area contributed by atoms with E-state index in [0.29, 0.717) is 6.54 Å². The van der Waals surface area contributed by atoms with E-state index in [2.05, 4.69) is 0 Å². The standard InChI is InChI=1S/C12H18FNO/c1-8(2)15-12(7-14)11-6-10(13)5-4-9(11)3/h4-6,8,12H,7,14H2,1-3H3. The molecule has 0 saturated heterocycles. The maximum Gasteiger partial charge on any atom is 0.123 e. The first kappa shape index (κ1) is 12.1. The van der Waals surface area contributed by atoms with Crippen molar-refractivity contribution in [3.05, 3.63) is 35.1 Å². The van der Waals surface area contributed by atoms with Crippen LogP contribution in [0.4, 0.5) is 4.39 Å². The number of hydrogen-bond acceptors (Lipinski definition) is 2. The Labute approximate surface area is 90.2 Å². The zero-order valence-electron chi connectivity index (χ0n) is 9.46. The molecule has 84 valence electrons. The Kier molecular flexibility index (Phi) is 4.24. The number of benzene rings is 1. The molecule has 0 saturated carbocycles. The van der Waals surface area contributed by atoms with Crippen molar-refractivity contribution < 1.29 is 9.13 Å². The van der Waals surface area contributed by atoms with Crippen LogP contribution in [0.15, 0.2) is 18.2 Å². The second kappa shape index (κ2) is 5.24. The minimum absolute atomic E-state index is 0.0845. The minimum atomic E-state index is -0.249. The molecule has 3 heteroatoms. The molecule has 0 aromatic heterocycles. The third-order valence-electron chi connectivity index (χ3n) is 2.24. The summed E-state index contributed by atoms with van der Waals surface area (Å²) in [7, 11) is 0. The van der Waals surface area contributed by atoms with Gasteiger partial charge in [0, 0.05) is 6.54 Å². The Morgan fingerprint density at radius 2 is 2.07 bits per heavy atom. The summed E-state index contributed by atoms with van der Waals surface area (Å²) in [6, 6.07) is 4.69. The Bertz CT molecular complexity index is 325. The van der Waals surface area contributed by atoms with E-state index in [1.807, 2.05) is 20.8 Å². The first-order valence-corrected chi connectivity index (χ1v) is 5.16. The van der Waals surface area contributed by atoms with E-state index in [4.69, 9.17) is 10.5 Å². The number of ether oxygens (including phenoxy) is 1. The van der Waals surface area contributed by atoms with E-state index in [0.717, 1.165) is 11.1 Å². The zero-order chi connectivity index (χ0) is 11.4. The van der Waals surface area contributed by atoms with Crippen molar-refractivity contribution in [2.75, 3.05) is 6.54 Å². The highest BCUT2D eigenvalue weighted by molar-refractivity contribution is 5.29. The average Bonchev–Trinajstić information content (AvgIpc) is 2.18. The summed E-state index contributed by atoms with van der Waals surface area (Å²) in [6.45, 7) is 6.18. The van der Waals surface area contributed by atoms with Crippen LogP contribution in [0.3, 0.4) is 0 Å². The average molecular weight is 211 g/mol. The number of aryl methyl sites for hydroxylation is 1. The topological polar surface area (TPSA) is 35.2 Å². The van der Waals surface area contributed by atoms with Crippen molar-refractivity contribution in [2.24, 2.45) is 5.73 Å². The van der Waals surface area contributed by atoms with Gasteiger partial charge in [0.15, 0.2) is 0 Å². The first-order valence-electron chi connectivity index (χ1n) is 5.16. The number of nitrogens with two attached hydrogens (primary N) is 1. The highest BCUT2D eigenvalue weighted by Gasteiger charge is 2.14. The third kappa shape index (κ3) is 3.29. The van der Waals surface area contributed by atoms with Gasteiger partial charge in [-0.05, 0) is 44.0 Å². The Morgan fingerprint density at radius 1 is 1.40 bits per heavy atom. The normalized spacial score (nSPS) is 13.2. The third-order valence-corrected chi connectivity index (χ3v) is 2.24. The molecule has 1 rings (SSSR count). The van der Waals surface area contributed by atoms with Crippen LogP contribution >= 0.6 is 0 Å². The van der Waals surface area contributed by atoms with Crippen LogP contribution in [-0.4, -0.2) is 12.6 Å². The lowest BCUT2D eigenvalue weighted by molar-refractivity contribution is 0.0115. The summed E-state index contributed by atoms with van der Waals surface area (Å²) < 4.78 is 18.7. The minimum Gasteiger partial charge on any atom is -0.370 e. The van der Waals surface area contributed by atoms with Gasteiger partial charge < -0.3 is 10.5 Å². The molecule has 1 unspecified atom stereocenters. The predicted octanol–water partition coefficient (Wildman–Crippen LogP) is 2.56. The van der Waals surface area contributed by atoms with Gasteiger partial charge in [-0.1, -0.05) is 6.07 Å². The fraction of sp³-hybridized carbons (Fsp3) is 0.500. The summed E-state index contributed by atoms with van der Waals surface area (Å²) in [5, 5.41) is 0. The number of hydrogen-bond donors (Lipinski definition) is 1. The molecule has 0 aliphatic carbocycles. The van der Waals surface area contributed by atoms with Gasteiger partial charge in [-0.3, -0.25) is 0 Å². The molecule has 0 bridgehead atoms. The van der Waals surface area contributed by atoms with Crippen LogP contribution in [0, 0.1) is 12.7 Å². The van der Waals surface area contributed by atoms with Crippen molar-refractivity contribution in [3.63, 3.8) is 0 Å². The van der Waals surface area contributed by atoms with Gasteiger partial charge in [0.1, 0.15) is 5.82 Å². The molecule has 0 fully saturated rings. The Hall–Kier alpha value is -0.930. The van der Waals surface area contributed by atoms with Crippen molar-refractivity contribution >= 4 is 0 Å². The Balaban J connectivity index is 2.95. The lowest BCUT2D eigenvalue weighted by atomic mass is 10.0. The molecule has 1 atom stereocenters. The fourth-order valence-corrected chi connectivity index (χ4v) is 1.54. The lowest BCUT2D eigenvalue weighted by Crippen LogP contribution is -2.20. The second-order valence-electron chi connectivity index (χ2n) is 3.91. The van der Waals surface area contributed by atoms with Gasteiger partial charge in [-0.25, -0.2) is 4.39 Å². The smallest absolute Gasteiger partial charge is 0.123 e. The van der Waals surface area contributed by atoms with E-state index in [1.54, 1.807) is 6.07 Å². The van der Waals surface area contributed by atoms with Crippen molar-refractivity contribution in [1.29, 1.82) is 0 Å². The fourth-order valence-electron chi connectivity index (χ4n) is 1.54. The van der Waals surface area contributed by atoms with Gasteiger partial charge >= 0.3 is 0 Å². The molecule has 1 aromatic carbocycles. The lowest BCUT2D eigenvalue weighted by Gasteiger charge is -2.20. The molecular formula is C12H18FNO. The summed E-state index contributed by atoms with van der Waals surface area (Å²) in [5.41, 5.74) is 7.47. The van der Waals surface area contributed by atoms with Crippen LogP contribution in [-0.2, 0) is 4.74 Å². The van der Waals surface area contributed by atoms with Crippen molar-refractivity contribution in [1.82, 2.24) is 0 Å². The SMILES string of the molecule is Cc1ccc(F)cc1C(CN)OC(C)C. The van der Waals surface area contributed by atoms with Gasteiger partial charge in [0.25, 0.3) is 0 Å². The molecule has 0 aliphatic heterocycles. The largest absolute Gasteiger partial charge is 0.370 e. The van der Waals surface area contributed by atoms with Crippen LogP contribution < -0.4 is 5.73 Å². The van der Waals surface area contributed by atoms with Crippen molar-refractivity contribution in [2.45, 2.75) is 33.0 Å². The van der Waals surface area contributed by atoms with Gasteiger partial charge in [-0.15, -0.1) is 0 Å². The quantitative estimate of drug-likeness (QED) is 0.830. The molecule has 2 N–H and O–H groups in total. The van der Waals surface area contributed by atoms with E-state index in [9.17, 15) is 4.39 Å². The van der Waals surface area contributed by atoms with Crippen LogP contribution in [0.1, 0.15) is 31.1 Å². The Morgan fingerprint density at radius 3 is 2.60 bits per heavy atom. The molecular weight excluding hydrogens is 193 g/mol. The highest BCUT2D eigenvalue weighted by Crippen LogP contribution is 2.22. The molecule has 1 aromatic rings. The predicted molar refractivity (Wildman–Crippen MR) is 59.2 cm³/mol. The summed E-state index contributed by atoms with van der Waals surface area (Å²) in [4.78, 5) is 0. The maximum atomic E-state index is 13.1. The molecule has 0 radical (unpaired) electrons. The highest BCUT2D eigenvalue weighted by atomic mass is 19.1. The van der Waals surface area contributed by atoms with E-state index < -0.39 is 0 Å². The zero-order valence-corrected chi connectivity index (χ0v) is 9.46. The number of halogens is 1. The van der Waals surface area contributed by atoms with Gasteiger partial charge in [0.05, 0.1) is 12.2 Å². The van der Waals surface area contributed by atoms with E-state index in [1.165, 1.54) is 12.1 Å². The summed E-state index contributed by atoms with van der Waals surface area (Å²) in [6.07, 6.45) is -0.137. The van der Waals surface area contributed by atoms with E-state index >= 15 is 0 Å². The van der Waals surface area contributed by atoms with Crippen LogP contribution in [0.25, 0.3) is 0 Å². The first-order chi connectivity index (χ1) is 7.04. The van der Waals surface area contributed by atoms with Gasteiger partial charge in [0.2, 0.25) is 0 Å². The number of rotatable bonds is 4. The second-order valence-corrected chi connectivity index (χ2v) is 3.91. The maximum absolute atomic E-state index is 13.1. The molecule has 0 spiro atoms. The molecule has 0 heterocycles. The van der Waals surface area contributed by atoms with E-state index in [-0.39, 0.29) is 18.0 Å². The molecule has 15 heavy (non-hydrogen) atoms.